The van der Waals surface area contributed by atoms with Crippen molar-refractivity contribution in [2.24, 2.45) is 0 Å². The maximum atomic E-state index is 12.5. The average Bonchev–Trinajstić information content (AvgIpc) is 2.61. The lowest BCUT2D eigenvalue weighted by molar-refractivity contribution is 0.102. The molecule has 0 aliphatic rings. The van der Waals surface area contributed by atoms with Crippen molar-refractivity contribution in [2.75, 3.05) is 5.32 Å². The van der Waals surface area contributed by atoms with Crippen molar-refractivity contribution in [3.63, 3.8) is 0 Å². The van der Waals surface area contributed by atoms with Gasteiger partial charge in [-0.2, -0.15) is 0 Å². The summed E-state index contributed by atoms with van der Waals surface area (Å²) < 4.78 is 1.44. The number of rotatable bonds is 4. The zero-order chi connectivity index (χ0) is 18.7. The highest BCUT2D eigenvalue weighted by atomic mass is 35.5. The number of aromatic nitrogens is 1. The second-order valence-electron chi connectivity index (χ2n) is 5.57. The second-order valence-corrected chi connectivity index (χ2v) is 6.79. The zero-order valence-electron chi connectivity index (χ0n) is 13.4. The number of hydrogen-bond acceptors (Lipinski definition) is 2. The molecule has 0 atom stereocenters. The number of carbonyl (C=O) groups excluding carboxylic acids is 1. The molecule has 26 heavy (non-hydrogen) atoms. The maximum absolute atomic E-state index is 12.5. The molecule has 4 nitrogen and oxygen atoms in total. The van der Waals surface area contributed by atoms with E-state index >= 15 is 0 Å². The first-order valence-electron chi connectivity index (χ1n) is 7.64. The Morgan fingerprint density at radius 2 is 1.77 bits per heavy atom. The maximum Gasteiger partial charge on any atom is 0.257 e. The van der Waals surface area contributed by atoms with Crippen LogP contribution in [0.2, 0.25) is 15.1 Å². The Hall–Kier alpha value is -2.27. The second kappa shape index (κ2) is 7.96. The van der Waals surface area contributed by atoms with Crippen LogP contribution in [-0.2, 0) is 6.54 Å². The van der Waals surface area contributed by atoms with Gasteiger partial charge in [0.05, 0.1) is 27.8 Å². The topological polar surface area (TPSA) is 51.1 Å². The summed E-state index contributed by atoms with van der Waals surface area (Å²) in [5, 5.41) is 3.88. The molecule has 0 fully saturated rings. The van der Waals surface area contributed by atoms with Crippen LogP contribution in [0.15, 0.2) is 65.6 Å². The van der Waals surface area contributed by atoms with Crippen molar-refractivity contribution in [1.82, 2.24) is 4.57 Å². The highest BCUT2D eigenvalue weighted by Gasteiger charge is 2.12. The average molecular weight is 408 g/mol. The molecular weight excluding hydrogens is 395 g/mol. The summed E-state index contributed by atoms with van der Waals surface area (Å²) in [6.45, 7) is 0.304. The highest BCUT2D eigenvalue weighted by Crippen LogP contribution is 2.29. The van der Waals surface area contributed by atoms with Crippen LogP contribution in [0, 0.1) is 0 Å². The molecule has 0 saturated carbocycles. The van der Waals surface area contributed by atoms with Crippen LogP contribution in [0.4, 0.5) is 5.69 Å². The predicted molar refractivity (Wildman–Crippen MR) is 106 cm³/mol. The van der Waals surface area contributed by atoms with Gasteiger partial charge in [-0.15, -0.1) is 0 Å². The molecule has 0 unspecified atom stereocenters. The number of benzene rings is 2. The molecule has 132 valence electrons. The normalized spacial score (nSPS) is 10.6. The monoisotopic (exact) mass is 406 g/mol. The van der Waals surface area contributed by atoms with Gasteiger partial charge in [-0.25, -0.2) is 0 Å². The summed E-state index contributed by atoms with van der Waals surface area (Å²) in [6.07, 6.45) is 1.50. The van der Waals surface area contributed by atoms with Gasteiger partial charge in [0.1, 0.15) is 0 Å². The minimum Gasteiger partial charge on any atom is -0.321 e. The summed E-state index contributed by atoms with van der Waals surface area (Å²) in [6, 6.07) is 15.0. The molecule has 1 aromatic heterocycles. The Bertz CT molecular complexity index is 1030. The van der Waals surface area contributed by atoms with Crippen molar-refractivity contribution >= 4 is 46.4 Å². The van der Waals surface area contributed by atoms with Gasteiger partial charge in [0.25, 0.3) is 11.5 Å². The number of carbonyl (C=O) groups is 1. The molecule has 7 heteroatoms. The van der Waals surface area contributed by atoms with Crippen molar-refractivity contribution in [3.05, 3.63) is 97.3 Å². The van der Waals surface area contributed by atoms with Gasteiger partial charge in [0, 0.05) is 17.3 Å². The Balaban J connectivity index is 1.85. The third-order valence-electron chi connectivity index (χ3n) is 3.69. The SMILES string of the molecule is O=C(Nc1cccc(Cl)c1Cl)c1ccc(=O)n(Cc2cccc(Cl)c2)c1. The molecule has 1 heterocycles. The van der Waals surface area contributed by atoms with E-state index in [1.165, 1.54) is 22.9 Å². The Labute approximate surface area is 164 Å². The summed E-state index contributed by atoms with van der Waals surface area (Å²) in [5.41, 5.74) is 1.36. The van der Waals surface area contributed by atoms with E-state index in [2.05, 4.69) is 5.32 Å². The molecular formula is C19H13Cl3N2O2. The third-order valence-corrected chi connectivity index (χ3v) is 4.74. The van der Waals surface area contributed by atoms with Gasteiger partial charge in [-0.05, 0) is 35.9 Å². The first-order valence-corrected chi connectivity index (χ1v) is 8.78. The van der Waals surface area contributed by atoms with Gasteiger partial charge in [-0.1, -0.05) is 53.0 Å². The van der Waals surface area contributed by atoms with Crippen molar-refractivity contribution in [2.45, 2.75) is 6.54 Å². The van der Waals surface area contributed by atoms with Crippen LogP contribution < -0.4 is 10.9 Å². The Morgan fingerprint density at radius 3 is 2.54 bits per heavy atom. The number of pyridine rings is 1. The van der Waals surface area contributed by atoms with Crippen molar-refractivity contribution < 1.29 is 4.79 Å². The first-order chi connectivity index (χ1) is 12.4. The molecule has 3 aromatic rings. The van der Waals surface area contributed by atoms with Gasteiger partial charge >= 0.3 is 0 Å². The van der Waals surface area contributed by atoms with Gasteiger partial charge in [-0.3, -0.25) is 9.59 Å². The third kappa shape index (κ3) is 4.28. The minimum absolute atomic E-state index is 0.220. The molecule has 0 bridgehead atoms. The molecule has 2 aromatic carbocycles. The molecule has 3 rings (SSSR count). The van der Waals surface area contributed by atoms with E-state index in [0.717, 1.165) is 5.56 Å². The van der Waals surface area contributed by atoms with Gasteiger partial charge in [0.2, 0.25) is 0 Å². The summed E-state index contributed by atoms with van der Waals surface area (Å²) in [4.78, 5) is 24.6. The van der Waals surface area contributed by atoms with Crippen LogP contribution in [0.5, 0.6) is 0 Å². The van der Waals surface area contributed by atoms with E-state index in [1.807, 2.05) is 6.07 Å². The molecule has 0 saturated heterocycles. The van der Waals surface area contributed by atoms with Crippen molar-refractivity contribution in [3.8, 4) is 0 Å². The highest BCUT2D eigenvalue weighted by molar-refractivity contribution is 6.44. The number of amides is 1. The smallest absolute Gasteiger partial charge is 0.257 e. The number of hydrogen-bond donors (Lipinski definition) is 1. The van der Waals surface area contributed by atoms with E-state index in [4.69, 9.17) is 34.8 Å². The Kier molecular flexibility index (Phi) is 5.67. The summed E-state index contributed by atoms with van der Waals surface area (Å²) >= 11 is 18.0. The van der Waals surface area contributed by atoms with Crippen LogP contribution in [0.1, 0.15) is 15.9 Å². The molecule has 0 aliphatic heterocycles. The van der Waals surface area contributed by atoms with Crippen LogP contribution in [0.25, 0.3) is 0 Å². The minimum atomic E-state index is -0.394. The van der Waals surface area contributed by atoms with Crippen LogP contribution in [0.3, 0.4) is 0 Å². The first kappa shape index (κ1) is 18.5. The fourth-order valence-corrected chi connectivity index (χ4v) is 2.98. The van der Waals surface area contributed by atoms with E-state index in [0.29, 0.717) is 27.8 Å². The largest absolute Gasteiger partial charge is 0.321 e. The zero-order valence-corrected chi connectivity index (χ0v) is 15.6. The molecule has 0 spiro atoms. The van der Waals surface area contributed by atoms with E-state index in [9.17, 15) is 9.59 Å². The predicted octanol–water partition coefficient (Wildman–Crippen LogP) is 5.11. The fourth-order valence-electron chi connectivity index (χ4n) is 2.42. The molecule has 1 amide bonds. The summed E-state index contributed by atoms with van der Waals surface area (Å²) in [7, 11) is 0. The van der Waals surface area contributed by atoms with E-state index < -0.39 is 5.91 Å². The lowest BCUT2D eigenvalue weighted by Crippen LogP contribution is -2.22. The number of nitrogens with one attached hydrogen (secondary N) is 1. The quantitative estimate of drug-likeness (QED) is 0.653. The van der Waals surface area contributed by atoms with E-state index in [1.54, 1.807) is 36.4 Å². The standard InChI is InChI=1S/C19H13Cl3N2O2/c20-14-4-1-3-12(9-14)10-24-11-13(7-8-17(24)25)19(26)23-16-6-2-5-15(21)18(16)22/h1-9,11H,10H2,(H,23,26). The van der Waals surface area contributed by atoms with Crippen LogP contribution >= 0.6 is 34.8 Å². The summed E-state index contributed by atoms with van der Waals surface area (Å²) in [5.74, 6) is -0.394. The van der Waals surface area contributed by atoms with Crippen molar-refractivity contribution in [1.29, 1.82) is 0 Å². The number of nitrogens with zero attached hydrogens (tertiary/aromatic N) is 1. The fraction of sp³-hybridized carbons (Fsp3) is 0.0526. The molecule has 0 radical (unpaired) electrons. The number of halogens is 3. The lowest BCUT2D eigenvalue weighted by atomic mass is 10.2. The lowest BCUT2D eigenvalue weighted by Gasteiger charge is -2.11. The van der Waals surface area contributed by atoms with Crippen LogP contribution in [-0.4, -0.2) is 10.5 Å². The van der Waals surface area contributed by atoms with E-state index in [-0.39, 0.29) is 10.6 Å². The Morgan fingerprint density at radius 1 is 1.00 bits per heavy atom. The number of anilines is 1. The van der Waals surface area contributed by atoms with Gasteiger partial charge in [0.15, 0.2) is 0 Å². The molecule has 1 N–H and O–H groups in total. The van der Waals surface area contributed by atoms with Gasteiger partial charge < -0.3 is 9.88 Å². The molecule has 0 aliphatic carbocycles.